The van der Waals surface area contributed by atoms with Gasteiger partial charge < -0.3 is 4.90 Å². The van der Waals surface area contributed by atoms with E-state index in [9.17, 15) is 32.8 Å². The van der Waals surface area contributed by atoms with Crippen LogP contribution in [0.15, 0.2) is 24.3 Å². The number of nitrogens with one attached hydrogen (secondary N) is 1. The van der Waals surface area contributed by atoms with Gasteiger partial charge >= 0.3 is 0 Å². The molecule has 1 aliphatic carbocycles. The highest BCUT2D eigenvalue weighted by Gasteiger charge is 2.46. The second-order valence-electron chi connectivity index (χ2n) is 13.6. The maximum Gasteiger partial charge on any atom is 0.262 e. The molecule has 4 heterocycles. The minimum Gasteiger partial charge on any atom is -0.339 e. The highest BCUT2D eigenvalue weighted by molar-refractivity contribution is 6.23. The summed E-state index contributed by atoms with van der Waals surface area (Å²) >= 11 is 0. The lowest BCUT2D eigenvalue weighted by atomic mass is 9.65. The summed E-state index contributed by atoms with van der Waals surface area (Å²) in [6.07, 6.45) is 6.35. The Hall–Kier alpha value is -3.99. The van der Waals surface area contributed by atoms with E-state index in [1.807, 2.05) is 0 Å². The highest BCUT2D eigenvalue weighted by Crippen LogP contribution is 2.47. The van der Waals surface area contributed by atoms with E-state index < -0.39 is 41.3 Å². The Morgan fingerprint density at radius 1 is 0.867 bits per heavy atom. The molecule has 0 aromatic heterocycles. The first-order valence-electron chi connectivity index (χ1n) is 15.9. The van der Waals surface area contributed by atoms with Gasteiger partial charge in [0.2, 0.25) is 11.8 Å². The van der Waals surface area contributed by atoms with Crippen LogP contribution in [-0.4, -0.2) is 69.9 Å². The van der Waals surface area contributed by atoms with Crippen LogP contribution in [0, 0.1) is 29.9 Å². The van der Waals surface area contributed by atoms with Crippen LogP contribution in [0.3, 0.4) is 0 Å². The molecule has 7 rings (SSSR count). The number of halogens is 2. The first-order chi connectivity index (χ1) is 21.5. The fraction of sp³-hybridized carbons (Fsp3) is 0.500. The average Bonchev–Trinajstić information content (AvgIpc) is 3.52. The second kappa shape index (κ2) is 11.1. The quantitative estimate of drug-likeness (QED) is 0.518. The Morgan fingerprint density at radius 2 is 1.44 bits per heavy atom. The Labute approximate surface area is 259 Å². The zero-order valence-corrected chi connectivity index (χ0v) is 25.3. The summed E-state index contributed by atoms with van der Waals surface area (Å²) in [5.41, 5.74) is 2.88. The second-order valence-corrected chi connectivity index (χ2v) is 13.6. The number of nitrogens with zero attached hydrogens (tertiary/aromatic N) is 3. The van der Waals surface area contributed by atoms with E-state index in [-0.39, 0.29) is 35.3 Å². The van der Waals surface area contributed by atoms with Crippen molar-refractivity contribution in [1.82, 2.24) is 20.0 Å². The number of hydrogen-bond acceptors (Lipinski definition) is 6. The molecule has 1 unspecified atom stereocenters. The van der Waals surface area contributed by atoms with Crippen molar-refractivity contribution in [2.75, 3.05) is 19.6 Å². The SMILES string of the molecule is Cc1c(F)cc(C(=O)N2CCC3(CCC(CN4Cc5cc6c(cc5C4)C(=O)N(C4CCC(=O)NC4=O)C6=O)CC3)CC2)cc1F. The third-order valence-corrected chi connectivity index (χ3v) is 10.9. The van der Waals surface area contributed by atoms with Gasteiger partial charge in [-0.3, -0.25) is 39.1 Å². The van der Waals surface area contributed by atoms with Crippen molar-refractivity contribution >= 4 is 29.5 Å². The Balaban J connectivity index is 0.923. The predicted octanol–water partition coefficient (Wildman–Crippen LogP) is 4.10. The van der Waals surface area contributed by atoms with Crippen molar-refractivity contribution in [1.29, 1.82) is 0 Å². The molecule has 0 bridgehead atoms. The molecule has 236 valence electrons. The standard InChI is InChI=1S/C34H36F2N4O5/c1-19-26(35)14-21(15-27(19)36)31(43)39-10-8-34(9-11-39)6-4-20(5-7-34)16-38-17-22-12-24-25(13-23(22)18-38)33(45)40(32(24)44)28-2-3-29(41)37-30(28)42/h12-15,20,28H,2-11,16-18H2,1H3,(H,37,41,42). The van der Waals surface area contributed by atoms with Gasteiger partial charge in [-0.15, -0.1) is 0 Å². The van der Waals surface area contributed by atoms with Crippen LogP contribution < -0.4 is 5.32 Å². The lowest BCUT2D eigenvalue weighted by Crippen LogP contribution is -2.54. The summed E-state index contributed by atoms with van der Waals surface area (Å²) in [5.74, 6) is -3.15. The first kappa shape index (κ1) is 29.7. The number of carbonyl (C=O) groups is 5. The van der Waals surface area contributed by atoms with Crippen molar-refractivity contribution < 1.29 is 32.8 Å². The molecule has 1 atom stereocenters. The van der Waals surface area contributed by atoms with Crippen LogP contribution in [-0.2, 0) is 22.7 Å². The maximum absolute atomic E-state index is 14.0. The van der Waals surface area contributed by atoms with E-state index in [4.69, 9.17) is 0 Å². The fourth-order valence-electron chi connectivity index (χ4n) is 8.04. The molecule has 1 saturated carbocycles. The Bertz CT molecular complexity index is 1570. The van der Waals surface area contributed by atoms with Crippen LogP contribution in [0.5, 0.6) is 0 Å². The Morgan fingerprint density at radius 3 is 2.00 bits per heavy atom. The summed E-state index contributed by atoms with van der Waals surface area (Å²) < 4.78 is 28.1. The lowest BCUT2D eigenvalue weighted by molar-refractivity contribution is -0.136. The lowest BCUT2D eigenvalue weighted by Gasteiger charge is -2.46. The molecule has 2 aromatic carbocycles. The van der Waals surface area contributed by atoms with Gasteiger partial charge in [0.15, 0.2) is 0 Å². The molecule has 3 fully saturated rings. The highest BCUT2D eigenvalue weighted by atomic mass is 19.1. The van der Waals surface area contributed by atoms with Crippen LogP contribution >= 0.6 is 0 Å². The van der Waals surface area contributed by atoms with Gasteiger partial charge in [-0.05, 0) is 98.6 Å². The van der Waals surface area contributed by atoms with Gasteiger partial charge in [-0.2, -0.15) is 0 Å². The van der Waals surface area contributed by atoms with Crippen LogP contribution in [0.2, 0.25) is 0 Å². The van der Waals surface area contributed by atoms with Crippen molar-refractivity contribution in [2.45, 2.75) is 77.4 Å². The molecule has 45 heavy (non-hydrogen) atoms. The Kier molecular flexibility index (Phi) is 7.34. The van der Waals surface area contributed by atoms with Gasteiger partial charge in [-0.1, -0.05) is 0 Å². The number of piperidine rings is 2. The molecule has 11 heteroatoms. The van der Waals surface area contributed by atoms with E-state index >= 15 is 0 Å². The first-order valence-corrected chi connectivity index (χ1v) is 15.9. The zero-order valence-electron chi connectivity index (χ0n) is 25.3. The van der Waals surface area contributed by atoms with Gasteiger partial charge in [0.25, 0.3) is 17.7 Å². The normalized spacial score (nSPS) is 23.5. The summed E-state index contributed by atoms with van der Waals surface area (Å²) in [5, 5.41) is 2.23. The van der Waals surface area contributed by atoms with Crippen molar-refractivity contribution in [3.63, 3.8) is 0 Å². The number of rotatable bonds is 4. The summed E-state index contributed by atoms with van der Waals surface area (Å²) in [6, 6.07) is 4.91. The van der Waals surface area contributed by atoms with E-state index in [0.717, 1.165) is 73.2 Å². The minimum absolute atomic E-state index is 0.0625. The van der Waals surface area contributed by atoms with Gasteiger partial charge in [0, 0.05) is 50.3 Å². The summed E-state index contributed by atoms with van der Waals surface area (Å²) in [6.45, 7) is 4.85. The molecule has 1 spiro atoms. The number of carbonyl (C=O) groups excluding carboxylic acids is 5. The molecular formula is C34H36F2N4O5. The molecule has 9 nitrogen and oxygen atoms in total. The van der Waals surface area contributed by atoms with Gasteiger partial charge in [0.1, 0.15) is 17.7 Å². The van der Waals surface area contributed by atoms with Crippen molar-refractivity contribution in [3.05, 3.63) is 69.3 Å². The monoisotopic (exact) mass is 618 g/mol. The smallest absolute Gasteiger partial charge is 0.262 e. The van der Waals surface area contributed by atoms with Crippen LogP contribution in [0.4, 0.5) is 8.78 Å². The van der Waals surface area contributed by atoms with Crippen molar-refractivity contribution in [3.8, 4) is 0 Å². The maximum atomic E-state index is 14.0. The van der Waals surface area contributed by atoms with E-state index in [1.54, 1.807) is 17.0 Å². The minimum atomic E-state index is -0.967. The summed E-state index contributed by atoms with van der Waals surface area (Å²) in [4.78, 5) is 68.4. The number of fused-ring (bicyclic) bond motifs is 2. The summed E-state index contributed by atoms with van der Waals surface area (Å²) in [7, 11) is 0. The largest absolute Gasteiger partial charge is 0.339 e. The topological polar surface area (TPSA) is 107 Å². The number of likely N-dealkylation sites (tertiary alicyclic amines) is 1. The van der Waals surface area contributed by atoms with E-state index in [0.29, 0.717) is 43.2 Å². The van der Waals surface area contributed by atoms with Crippen LogP contribution in [0.1, 0.15) is 99.1 Å². The van der Waals surface area contributed by atoms with Gasteiger partial charge in [0.05, 0.1) is 11.1 Å². The zero-order chi connectivity index (χ0) is 31.6. The number of amides is 5. The van der Waals surface area contributed by atoms with E-state index in [1.165, 1.54) is 6.92 Å². The molecule has 4 aliphatic heterocycles. The number of benzene rings is 2. The molecule has 0 radical (unpaired) electrons. The third kappa shape index (κ3) is 5.24. The van der Waals surface area contributed by atoms with Crippen LogP contribution in [0.25, 0.3) is 0 Å². The molecular weight excluding hydrogens is 582 g/mol. The fourth-order valence-corrected chi connectivity index (χ4v) is 8.04. The molecule has 2 aromatic rings. The predicted molar refractivity (Wildman–Crippen MR) is 158 cm³/mol. The molecule has 5 amide bonds. The van der Waals surface area contributed by atoms with Gasteiger partial charge in [-0.25, -0.2) is 8.78 Å². The molecule has 1 N–H and O–H groups in total. The molecule has 2 saturated heterocycles. The number of imide groups is 2. The van der Waals surface area contributed by atoms with Crippen molar-refractivity contribution in [2.24, 2.45) is 11.3 Å². The number of hydrogen-bond donors (Lipinski definition) is 1. The van der Waals surface area contributed by atoms with E-state index in [2.05, 4.69) is 10.2 Å². The molecule has 5 aliphatic rings. The third-order valence-electron chi connectivity index (χ3n) is 10.9. The average molecular weight is 619 g/mol.